The van der Waals surface area contributed by atoms with Crippen molar-refractivity contribution in [2.45, 2.75) is 6.42 Å². The summed E-state index contributed by atoms with van der Waals surface area (Å²) in [6, 6.07) is 10.9. The Kier molecular flexibility index (Phi) is 2.76. The van der Waals surface area contributed by atoms with E-state index in [1.54, 1.807) is 6.08 Å². The van der Waals surface area contributed by atoms with Crippen molar-refractivity contribution < 1.29 is 14.6 Å². The molecule has 0 amide bonds. The van der Waals surface area contributed by atoms with E-state index in [9.17, 15) is 4.79 Å². The third-order valence-electron chi connectivity index (χ3n) is 2.96. The highest BCUT2D eigenvalue weighted by Gasteiger charge is 2.21. The molecule has 1 heterocycles. The Morgan fingerprint density at radius 1 is 1.21 bits per heavy atom. The molecule has 19 heavy (non-hydrogen) atoms. The second-order valence-corrected chi connectivity index (χ2v) is 4.23. The summed E-state index contributed by atoms with van der Waals surface area (Å²) in [6.07, 6.45) is 3.75. The predicted molar refractivity (Wildman–Crippen MR) is 69.9 cm³/mol. The summed E-state index contributed by atoms with van der Waals surface area (Å²) in [6.45, 7) is 0. The van der Waals surface area contributed by atoms with E-state index in [1.807, 2.05) is 30.3 Å². The van der Waals surface area contributed by atoms with Gasteiger partial charge in [0.2, 0.25) is 0 Å². The molecule has 0 saturated heterocycles. The fourth-order valence-corrected chi connectivity index (χ4v) is 2.10. The number of fused-ring (bicyclic) bond motifs is 1. The summed E-state index contributed by atoms with van der Waals surface area (Å²) in [5, 5.41) is 9.13. The first-order chi connectivity index (χ1) is 9.24. The lowest BCUT2D eigenvalue weighted by atomic mass is 10.1. The molecule has 0 radical (unpaired) electrons. The first kappa shape index (κ1) is 11.5. The summed E-state index contributed by atoms with van der Waals surface area (Å²) in [5.74, 6) is 0.508. The molecule has 94 valence electrons. The quantitative estimate of drug-likeness (QED) is 0.913. The molecule has 0 saturated carbocycles. The molecule has 3 rings (SSSR count). The summed E-state index contributed by atoms with van der Waals surface area (Å²) in [7, 11) is 0. The van der Waals surface area contributed by atoms with Crippen LogP contribution in [-0.2, 0) is 6.42 Å². The van der Waals surface area contributed by atoms with Gasteiger partial charge >= 0.3 is 5.97 Å². The van der Waals surface area contributed by atoms with Gasteiger partial charge in [-0.3, -0.25) is 4.98 Å². The zero-order chi connectivity index (χ0) is 13.2. The highest BCUT2D eigenvalue weighted by molar-refractivity contribution is 5.91. The van der Waals surface area contributed by atoms with Crippen molar-refractivity contribution in [1.29, 1.82) is 0 Å². The number of hydrogen-bond acceptors (Lipinski definition) is 3. The maximum Gasteiger partial charge on any atom is 0.336 e. The number of benzene rings is 1. The van der Waals surface area contributed by atoms with Gasteiger partial charge in [-0.25, -0.2) is 4.79 Å². The summed E-state index contributed by atoms with van der Waals surface area (Å²) < 4.78 is 5.72. The Balaban J connectivity index is 1.87. The molecule has 4 heteroatoms. The summed E-state index contributed by atoms with van der Waals surface area (Å²) in [4.78, 5) is 15.3. The van der Waals surface area contributed by atoms with Crippen molar-refractivity contribution in [1.82, 2.24) is 4.98 Å². The molecule has 1 aromatic carbocycles. The number of carbonyl (C=O) groups is 1. The fraction of sp³-hybridized carbons (Fsp3) is 0.0667. The van der Waals surface area contributed by atoms with Crippen LogP contribution in [0, 0.1) is 0 Å². The molecule has 1 aromatic heterocycles. The number of ether oxygens (including phenoxy) is 1. The average Bonchev–Trinajstić information content (AvgIpc) is 2.81. The molecule has 0 atom stereocenters. The van der Waals surface area contributed by atoms with E-state index >= 15 is 0 Å². The van der Waals surface area contributed by atoms with Crippen LogP contribution in [0.5, 0.6) is 5.75 Å². The standard InChI is InChI=1S/C15H11NO3/c17-15(18)12-6-7-16-14-9-11(8-13(12)14)19-10-4-2-1-3-5-10/h1-7,9H,8H2,(H,17,18). The van der Waals surface area contributed by atoms with E-state index in [0.29, 0.717) is 23.4 Å². The molecular weight excluding hydrogens is 242 g/mol. The van der Waals surface area contributed by atoms with Crippen molar-refractivity contribution in [2.24, 2.45) is 0 Å². The number of aromatic nitrogens is 1. The minimum Gasteiger partial charge on any atom is -0.478 e. The molecule has 0 aliphatic heterocycles. The fourth-order valence-electron chi connectivity index (χ4n) is 2.10. The molecule has 0 unspecified atom stereocenters. The van der Waals surface area contributed by atoms with Gasteiger partial charge in [0, 0.05) is 18.7 Å². The maximum absolute atomic E-state index is 11.1. The Labute approximate surface area is 110 Å². The van der Waals surface area contributed by atoms with Crippen molar-refractivity contribution in [3.63, 3.8) is 0 Å². The minimum atomic E-state index is -0.937. The number of allylic oxidation sites excluding steroid dienone is 1. The van der Waals surface area contributed by atoms with E-state index in [4.69, 9.17) is 9.84 Å². The van der Waals surface area contributed by atoms with Crippen molar-refractivity contribution in [3.8, 4) is 5.75 Å². The Morgan fingerprint density at radius 2 is 2.00 bits per heavy atom. The van der Waals surface area contributed by atoms with Crippen LogP contribution in [-0.4, -0.2) is 16.1 Å². The van der Waals surface area contributed by atoms with E-state index in [0.717, 1.165) is 5.75 Å². The molecule has 2 aromatic rings. The van der Waals surface area contributed by atoms with Gasteiger partial charge in [-0.2, -0.15) is 0 Å². The van der Waals surface area contributed by atoms with E-state index < -0.39 is 5.97 Å². The first-order valence-electron chi connectivity index (χ1n) is 5.88. The van der Waals surface area contributed by atoms with E-state index in [-0.39, 0.29) is 5.56 Å². The topological polar surface area (TPSA) is 59.4 Å². The van der Waals surface area contributed by atoms with E-state index in [1.165, 1.54) is 12.3 Å². The van der Waals surface area contributed by atoms with Crippen LogP contribution < -0.4 is 4.74 Å². The van der Waals surface area contributed by atoms with Crippen LogP contribution >= 0.6 is 0 Å². The molecule has 1 aliphatic carbocycles. The Morgan fingerprint density at radius 3 is 2.74 bits per heavy atom. The molecule has 4 nitrogen and oxygen atoms in total. The van der Waals surface area contributed by atoms with Gasteiger partial charge in [-0.1, -0.05) is 18.2 Å². The van der Waals surface area contributed by atoms with Gasteiger partial charge in [-0.05, 0) is 23.8 Å². The zero-order valence-electron chi connectivity index (χ0n) is 10.0. The van der Waals surface area contributed by atoms with Gasteiger partial charge in [0.25, 0.3) is 0 Å². The molecule has 1 N–H and O–H groups in total. The highest BCUT2D eigenvalue weighted by atomic mass is 16.5. The first-order valence-corrected chi connectivity index (χ1v) is 5.88. The van der Waals surface area contributed by atoms with Crippen LogP contribution in [0.2, 0.25) is 0 Å². The highest BCUT2D eigenvalue weighted by Crippen LogP contribution is 2.28. The molecule has 0 spiro atoms. The second kappa shape index (κ2) is 4.57. The van der Waals surface area contributed by atoms with Gasteiger partial charge in [0.05, 0.1) is 11.3 Å². The third kappa shape index (κ3) is 2.20. The van der Waals surface area contributed by atoms with Crippen LogP contribution in [0.4, 0.5) is 0 Å². The lowest BCUT2D eigenvalue weighted by Gasteiger charge is -2.06. The molecular formula is C15H11NO3. The molecule has 0 fully saturated rings. The Bertz CT molecular complexity index is 662. The number of carboxylic acid groups (broad SMARTS) is 1. The molecule has 1 aliphatic rings. The number of para-hydroxylation sites is 1. The average molecular weight is 253 g/mol. The van der Waals surface area contributed by atoms with Gasteiger partial charge in [0.15, 0.2) is 0 Å². The zero-order valence-corrected chi connectivity index (χ0v) is 10.0. The third-order valence-corrected chi connectivity index (χ3v) is 2.96. The van der Waals surface area contributed by atoms with Crippen LogP contribution in [0.1, 0.15) is 21.6 Å². The number of nitrogens with zero attached hydrogens (tertiary/aromatic N) is 1. The van der Waals surface area contributed by atoms with Crippen molar-refractivity contribution >= 4 is 12.0 Å². The van der Waals surface area contributed by atoms with Crippen molar-refractivity contribution in [2.75, 3.05) is 0 Å². The molecule has 0 bridgehead atoms. The van der Waals surface area contributed by atoms with Crippen LogP contribution in [0.3, 0.4) is 0 Å². The lowest BCUT2D eigenvalue weighted by molar-refractivity contribution is 0.0695. The largest absolute Gasteiger partial charge is 0.478 e. The van der Waals surface area contributed by atoms with E-state index in [2.05, 4.69) is 4.98 Å². The number of pyridine rings is 1. The maximum atomic E-state index is 11.1. The number of aromatic carboxylic acids is 1. The SMILES string of the molecule is O=C(O)c1ccnc2c1CC(Oc1ccccc1)=C2. The lowest BCUT2D eigenvalue weighted by Crippen LogP contribution is -2.04. The second-order valence-electron chi connectivity index (χ2n) is 4.23. The van der Waals surface area contributed by atoms with Gasteiger partial charge in [-0.15, -0.1) is 0 Å². The monoisotopic (exact) mass is 253 g/mol. The smallest absolute Gasteiger partial charge is 0.336 e. The summed E-state index contributed by atoms with van der Waals surface area (Å²) in [5.41, 5.74) is 1.67. The van der Waals surface area contributed by atoms with Crippen LogP contribution in [0.25, 0.3) is 6.08 Å². The number of hydrogen-bond donors (Lipinski definition) is 1. The summed E-state index contributed by atoms with van der Waals surface area (Å²) >= 11 is 0. The van der Waals surface area contributed by atoms with Gasteiger partial charge in [0.1, 0.15) is 11.5 Å². The predicted octanol–water partition coefficient (Wildman–Crippen LogP) is 2.76. The van der Waals surface area contributed by atoms with Gasteiger partial charge < -0.3 is 9.84 Å². The normalized spacial score (nSPS) is 12.7. The van der Waals surface area contributed by atoms with Crippen molar-refractivity contribution in [3.05, 3.63) is 65.2 Å². The number of rotatable bonds is 3. The Hall–Kier alpha value is -2.62. The minimum absolute atomic E-state index is 0.285. The van der Waals surface area contributed by atoms with Crippen LogP contribution in [0.15, 0.2) is 48.4 Å². The number of carboxylic acids is 1.